The molecule has 6 aromatic rings. The van der Waals surface area contributed by atoms with Crippen LogP contribution in [-0.4, -0.2) is 30.1 Å². The number of aromatic nitrogens is 2. The number of nitrogens with zero attached hydrogens (tertiary/aromatic N) is 8. The van der Waals surface area contributed by atoms with E-state index in [0.717, 1.165) is 54.6 Å². The molecule has 1 aromatic heterocycles. The van der Waals surface area contributed by atoms with Gasteiger partial charge in [-0.25, -0.2) is 9.97 Å². The maximum Gasteiger partial charge on any atom is 0.143 e. The van der Waals surface area contributed by atoms with Gasteiger partial charge in [-0.1, -0.05) is 65.8 Å². The van der Waals surface area contributed by atoms with Crippen molar-refractivity contribution in [1.82, 2.24) is 9.97 Å². The Hall–Kier alpha value is -5.37. The predicted octanol–water partition coefficient (Wildman–Crippen LogP) is 12.3. The van der Waals surface area contributed by atoms with Gasteiger partial charge in [0.25, 0.3) is 0 Å². The average molecular weight is 971 g/mol. The molecule has 8 nitrogen and oxygen atoms in total. The Morgan fingerprint density at radius 3 is 1.30 bits per heavy atom. The van der Waals surface area contributed by atoms with Gasteiger partial charge in [-0.2, -0.15) is 84.6 Å². The second-order valence-electron chi connectivity index (χ2n) is 16.3. The molecule has 0 N–H and O–H groups in total. The number of para-hydroxylation sites is 4. The summed E-state index contributed by atoms with van der Waals surface area (Å²) in [5.41, 5.74) is 12.1. The third-order valence-electron chi connectivity index (χ3n) is 11.2. The van der Waals surface area contributed by atoms with E-state index in [0.29, 0.717) is 17.8 Å². The van der Waals surface area contributed by atoms with E-state index in [4.69, 9.17) is 0 Å². The normalized spacial score (nSPS) is 14.1. The molecule has 9 heteroatoms. The summed E-state index contributed by atoms with van der Waals surface area (Å²) < 4.78 is 0. The molecule has 0 aliphatic carbocycles. The van der Waals surface area contributed by atoms with Gasteiger partial charge in [0.05, 0.1) is 0 Å². The Labute approximate surface area is 371 Å². The van der Waals surface area contributed by atoms with Crippen LogP contribution in [-0.2, 0) is 20.1 Å². The topological polar surface area (TPSA) is 45.2 Å². The Bertz CT molecular complexity index is 2250. The summed E-state index contributed by atoms with van der Waals surface area (Å²) >= 11 is 0. The summed E-state index contributed by atoms with van der Waals surface area (Å²) in [6.07, 6.45) is 5.61. The minimum absolute atomic E-state index is 0. The van der Waals surface area contributed by atoms with Crippen LogP contribution in [0.15, 0.2) is 116 Å². The van der Waals surface area contributed by atoms with Crippen LogP contribution < -0.4 is 29.4 Å². The number of fused-ring (bicyclic) bond motifs is 3. The van der Waals surface area contributed by atoms with Crippen molar-refractivity contribution in [3.8, 4) is 0 Å². The molecule has 0 saturated carbocycles. The monoisotopic (exact) mass is 971 g/mol. The summed E-state index contributed by atoms with van der Waals surface area (Å²) in [6.45, 7) is 21.8. The van der Waals surface area contributed by atoms with Crippen molar-refractivity contribution in [3.05, 3.63) is 170 Å². The zero-order valence-corrected chi connectivity index (χ0v) is 38.1. The molecule has 1 radical (unpaired) electrons. The molecule has 4 heterocycles. The first-order chi connectivity index (χ1) is 28.7. The van der Waals surface area contributed by atoms with Crippen LogP contribution >= 0.6 is 0 Å². The van der Waals surface area contributed by atoms with E-state index in [1.807, 2.05) is 41.7 Å². The van der Waals surface area contributed by atoms with Crippen molar-refractivity contribution in [2.24, 2.45) is 0 Å². The molecular weight excluding hydrogens is 917 g/mol. The fourth-order valence-electron chi connectivity index (χ4n) is 7.76. The largest absolute Gasteiger partial charge is 0.501 e. The van der Waals surface area contributed by atoms with Gasteiger partial charge in [-0.3, -0.25) is 0 Å². The van der Waals surface area contributed by atoms with Gasteiger partial charge >= 0.3 is 0 Å². The molecule has 0 amide bonds. The van der Waals surface area contributed by atoms with E-state index in [1.54, 1.807) is 12.4 Å². The smallest absolute Gasteiger partial charge is 0.143 e. The summed E-state index contributed by atoms with van der Waals surface area (Å²) in [5, 5.41) is 0. The molecule has 9 rings (SSSR count). The van der Waals surface area contributed by atoms with Gasteiger partial charge in [-0.15, -0.1) is 41.9 Å². The summed E-state index contributed by atoms with van der Waals surface area (Å²) in [4.78, 5) is 22.1. The summed E-state index contributed by atoms with van der Waals surface area (Å²) in [6, 6.07) is 46.7. The van der Waals surface area contributed by atoms with Crippen LogP contribution in [0.25, 0.3) is 0 Å². The van der Waals surface area contributed by atoms with Crippen molar-refractivity contribution < 1.29 is 20.1 Å². The molecule has 0 unspecified atom stereocenters. The average Bonchev–Trinajstić information content (AvgIpc) is 3.94. The van der Waals surface area contributed by atoms with Crippen LogP contribution in [0, 0.1) is 38.2 Å². The van der Waals surface area contributed by atoms with Gasteiger partial charge in [0.1, 0.15) is 11.6 Å². The molecule has 5 aromatic carbocycles. The fourth-order valence-corrected chi connectivity index (χ4v) is 7.76. The molecule has 0 spiro atoms. The Morgan fingerprint density at radius 1 is 0.500 bits per heavy atom. The number of unbranched alkanes of at least 4 members (excludes halogenated alkanes) is 1. The van der Waals surface area contributed by atoms with Crippen molar-refractivity contribution in [1.29, 1.82) is 0 Å². The standard InChI is InChI=1S/C36H38N4.C15H16N4.Ir/c1-27(2)29-13-11-15-31(23-29)39-25-37(33-17-5-7-19-35(33)39)21-9-10-22-38-26-40(36-20-8-6-18-34(36)38)32-16-12-14-30(24-32)28(3)4;1-11(2)12-5-4-6-13(9-12)19-10-18(3)14-15(19)17-8-7-16-14;/h5-8,11-14,17-20,23-28H,9-10,21-22H2,1-4H3;4-5,7-11H,1-3H3;/q-4;-2;. The van der Waals surface area contributed by atoms with Gasteiger partial charge < -0.3 is 29.4 Å². The SMILES string of the molecule is CC(C)c1cc[c-]c(N2[CH-]N(C)c3nccnc32)c1.CC(C)c1cc[c-]c(N2[CH-]N(CCCCN3[CH-]N(c4[c-]ccc(C(C)C)c4)c4ccccc43)c3ccccc32)c1.[Ir]. The second-order valence-corrected chi connectivity index (χ2v) is 16.3. The molecule has 0 fully saturated rings. The van der Waals surface area contributed by atoms with Gasteiger partial charge in [0.15, 0.2) is 0 Å². The number of anilines is 9. The number of hydrogen-bond donors (Lipinski definition) is 0. The Kier molecular flexibility index (Phi) is 13.5. The van der Waals surface area contributed by atoms with Gasteiger partial charge in [0, 0.05) is 55.2 Å². The van der Waals surface area contributed by atoms with Crippen LogP contribution in [0.3, 0.4) is 0 Å². The quantitative estimate of drug-likeness (QED) is 0.0940. The summed E-state index contributed by atoms with van der Waals surface area (Å²) in [5.74, 6) is 3.19. The predicted molar refractivity (Wildman–Crippen MR) is 245 cm³/mol. The molecule has 3 aliphatic rings. The van der Waals surface area contributed by atoms with Crippen LogP contribution in [0.4, 0.5) is 51.4 Å². The maximum absolute atomic E-state index is 4.41. The van der Waals surface area contributed by atoms with Crippen LogP contribution in [0.1, 0.15) is 88.8 Å². The van der Waals surface area contributed by atoms with Gasteiger partial charge in [0.2, 0.25) is 0 Å². The van der Waals surface area contributed by atoms with Crippen LogP contribution in [0.5, 0.6) is 0 Å². The zero-order valence-electron chi connectivity index (χ0n) is 35.7. The third kappa shape index (κ3) is 9.03. The van der Waals surface area contributed by atoms with E-state index in [-0.39, 0.29) is 20.1 Å². The maximum atomic E-state index is 4.41. The van der Waals surface area contributed by atoms with E-state index in [9.17, 15) is 0 Å². The number of rotatable bonds is 11. The molecule has 60 heavy (non-hydrogen) atoms. The number of benzene rings is 5. The van der Waals surface area contributed by atoms with Crippen molar-refractivity contribution in [2.45, 2.75) is 72.1 Å². The second kappa shape index (κ2) is 18.9. The zero-order chi connectivity index (χ0) is 41.0. The molecule has 313 valence electrons. The number of hydrogen-bond acceptors (Lipinski definition) is 8. The minimum Gasteiger partial charge on any atom is -0.501 e. The fraction of sp³-hybridized carbons (Fsp3) is 0.275. The van der Waals surface area contributed by atoms with Crippen LogP contribution in [0.2, 0.25) is 0 Å². The summed E-state index contributed by atoms with van der Waals surface area (Å²) in [7, 11) is 1.97. The first kappa shape index (κ1) is 42.7. The molecule has 0 bridgehead atoms. The Morgan fingerprint density at radius 2 is 0.883 bits per heavy atom. The first-order valence-corrected chi connectivity index (χ1v) is 20.9. The van der Waals surface area contributed by atoms with E-state index in [2.05, 4.69) is 188 Å². The van der Waals surface area contributed by atoms with E-state index < -0.39 is 0 Å². The minimum atomic E-state index is 0. The Balaban J connectivity index is 0.000000228. The van der Waals surface area contributed by atoms with Gasteiger partial charge in [-0.05, 0) is 75.0 Å². The van der Waals surface area contributed by atoms with Crippen molar-refractivity contribution >= 4 is 51.4 Å². The van der Waals surface area contributed by atoms with Crippen molar-refractivity contribution in [3.63, 3.8) is 0 Å². The third-order valence-corrected chi connectivity index (χ3v) is 11.2. The molecular formula is C51H54IrN8-6. The molecule has 3 aliphatic heterocycles. The van der Waals surface area contributed by atoms with Crippen molar-refractivity contribution in [2.75, 3.05) is 49.5 Å². The molecule has 0 atom stereocenters. The molecule has 0 saturated heterocycles. The van der Waals surface area contributed by atoms with E-state index in [1.165, 1.54) is 39.4 Å². The van der Waals surface area contributed by atoms with E-state index >= 15 is 0 Å². The first-order valence-electron chi connectivity index (χ1n) is 20.9.